The fourth-order valence-electron chi connectivity index (χ4n) is 2.46. The van der Waals surface area contributed by atoms with E-state index >= 15 is 0 Å². The van der Waals surface area contributed by atoms with Crippen LogP contribution in [-0.2, 0) is 9.53 Å². The summed E-state index contributed by atoms with van der Waals surface area (Å²) in [6.07, 6.45) is 10.6. The average molecular weight is 270 g/mol. The summed E-state index contributed by atoms with van der Waals surface area (Å²) in [5, 5.41) is 0. The fraction of sp³-hybridized carbons (Fsp3) is 0.941. The maximum absolute atomic E-state index is 10.9. The van der Waals surface area contributed by atoms with Gasteiger partial charge in [0.1, 0.15) is 6.10 Å². The third-order valence-electron chi connectivity index (χ3n) is 4.06. The molecular formula is C17H34O2. The third kappa shape index (κ3) is 11.0. The molecule has 0 rings (SSSR count). The van der Waals surface area contributed by atoms with Crippen molar-refractivity contribution >= 4 is 5.97 Å². The number of carbonyl (C=O) groups excluding carboxylic acids is 1. The summed E-state index contributed by atoms with van der Waals surface area (Å²) in [5.41, 5.74) is 0. The van der Waals surface area contributed by atoms with E-state index in [1.807, 2.05) is 6.92 Å². The van der Waals surface area contributed by atoms with Gasteiger partial charge in [0.2, 0.25) is 0 Å². The Morgan fingerprint density at radius 1 is 0.947 bits per heavy atom. The molecule has 0 radical (unpaired) electrons. The van der Waals surface area contributed by atoms with Gasteiger partial charge in [0, 0.05) is 6.92 Å². The van der Waals surface area contributed by atoms with Crippen molar-refractivity contribution in [3.63, 3.8) is 0 Å². The Morgan fingerprint density at radius 2 is 1.58 bits per heavy atom. The minimum Gasteiger partial charge on any atom is -0.463 e. The minimum atomic E-state index is -0.163. The smallest absolute Gasteiger partial charge is 0.302 e. The Kier molecular flexibility index (Phi) is 11.0. The largest absolute Gasteiger partial charge is 0.463 e. The van der Waals surface area contributed by atoms with Gasteiger partial charge < -0.3 is 4.74 Å². The summed E-state index contributed by atoms with van der Waals surface area (Å²) in [7, 11) is 0. The number of rotatable bonds is 11. The van der Waals surface area contributed by atoms with Crippen LogP contribution in [0.2, 0.25) is 0 Å². The first-order chi connectivity index (χ1) is 8.97. The van der Waals surface area contributed by atoms with Gasteiger partial charge in [0.25, 0.3) is 0 Å². The van der Waals surface area contributed by atoms with E-state index in [2.05, 4.69) is 20.8 Å². The van der Waals surface area contributed by atoms with E-state index in [1.165, 1.54) is 51.9 Å². The highest BCUT2D eigenvalue weighted by Crippen LogP contribution is 2.20. The van der Waals surface area contributed by atoms with Crippen LogP contribution in [0.3, 0.4) is 0 Å². The highest BCUT2D eigenvalue weighted by atomic mass is 16.5. The molecule has 0 aliphatic rings. The lowest BCUT2D eigenvalue weighted by Crippen LogP contribution is -2.20. The maximum atomic E-state index is 10.9. The summed E-state index contributed by atoms with van der Waals surface area (Å²) >= 11 is 0. The summed E-state index contributed by atoms with van der Waals surface area (Å²) in [6.45, 7) is 10.3. The standard InChI is InChI=1S/C17H34O2/c1-6-7-8-9-11-14(2)12-10-13-15(3)16(4)19-17(5)18/h14-16H,6-13H2,1-5H3/t14-,15+,16+/m0/s1. The average Bonchev–Trinajstić information content (AvgIpc) is 2.33. The molecule has 114 valence electrons. The van der Waals surface area contributed by atoms with Crippen molar-refractivity contribution in [1.82, 2.24) is 0 Å². The van der Waals surface area contributed by atoms with Crippen molar-refractivity contribution in [3.05, 3.63) is 0 Å². The topological polar surface area (TPSA) is 26.3 Å². The molecule has 0 saturated carbocycles. The van der Waals surface area contributed by atoms with Gasteiger partial charge in [-0.2, -0.15) is 0 Å². The molecule has 0 aromatic rings. The third-order valence-corrected chi connectivity index (χ3v) is 4.06. The lowest BCUT2D eigenvalue weighted by molar-refractivity contribution is -0.147. The van der Waals surface area contributed by atoms with Crippen LogP contribution in [-0.4, -0.2) is 12.1 Å². The van der Waals surface area contributed by atoms with Crippen molar-refractivity contribution in [2.75, 3.05) is 0 Å². The van der Waals surface area contributed by atoms with Crippen molar-refractivity contribution < 1.29 is 9.53 Å². The molecule has 2 heteroatoms. The molecule has 19 heavy (non-hydrogen) atoms. The van der Waals surface area contributed by atoms with Crippen LogP contribution in [0.4, 0.5) is 0 Å². The number of ether oxygens (including phenoxy) is 1. The fourth-order valence-corrected chi connectivity index (χ4v) is 2.46. The van der Waals surface area contributed by atoms with Gasteiger partial charge in [-0.1, -0.05) is 65.7 Å². The quantitative estimate of drug-likeness (QED) is 0.373. The van der Waals surface area contributed by atoms with Crippen LogP contribution in [0, 0.1) is 11.8 Å². The van der Waals surface area contributed by atoms with E-state index < -0.39 is 0 Å². The van der Waals surface area contributed by atoms with E-state index in [0.717, 1.165) is 12.3 Å². The Bertz CT molecular complexity index is 225. The second kappa shape index (κ2) is 11.3. The molecule has 0 heterocycles. The normalized spacial score (nSPS) is 15.8. The molecule has 0 saturated heterocycles. The Morgan fingerprint density at radius 3 is 2.16 bits per heavy atom. The monoisotopic (exact) mass is 270 g/mol. The zero-order valence-electron chi connectivity index (χ0n) is 13.7. The first kappa shape index (κ1) is 18.5. The van der Waals surface area contributed by atoms with E-state index in [-0.39, 0.29) is 12.1 Å². The van der Waals surface area contributed by atoms with Crippen molar-refractivity contribution in [2.45, 2.75) is 92.1 Å². The number of esters is 1. The van der Waals surface area contributed by atoms with Gasteiger partial charge in [-0.3, -0.25) is 4.79 Å². The van der Waals surface area contributed by atoms with Gasteiger partial charge in [-0.15, -0.1) is 0 Å². The predicted octanol–water partition coefficient (Wildman–Crippen LogP) is 5.35. The van der Waals surface area contributed by atoms with E-state index in [4.69, 9.17) is 4.74 Å². The van der Waals surface area contributed by atoms with Crippen LogP contribution < -0.4 is 0 Å². The van der Waals surface area contributed by atoms with Gasteiger partial charge in [-0.25, -0.2) is 0 Å². The molecule has 3 atom stereocenters. The molecule has 0 N–H and O–H groups in total. The number of hydrogen-bond donors (Lipinski definition) is 0. The number of carbonyl (C=O) groups is 1. The lowest BCUT2D eigenvalue weighted by atomic mass is 9.93. The Hall–Kier alpha value is -0.530. The molecule has 0 amide bonds. The second-order valence-corrected chi connectivity index (χ2v) is 6.18. The van der Waals surface area contributed by atoms with Crippen LogP contribution in [0.1, 0.15) is 86.0 Å². The van der Waals surface area contributed by atoms with E-state index in [9.17, 15) is 4.79 Å². The molecule has 0 aliphatic heterocycles. The van der Waals surface area contributed by atoms with Crippen LogP contribution in [0.25, 0.3) is 0 Å². The number of unbranched alkanes of at least 4 members (excludes halogenated alkanes) is 3. The molecule has 2 nitrogen and oxygen atoms in total. The Balaban J connectivity index is 3.57. The summed E-state index contributed by atoms with van der Waals surface area (Å²) < 4.78 is 5.22. The molecule has 0 aromatic carbocycles. The van der Waals surface area contributed by atoms with Crippen LogP contribution in [0.5, 0.6) is 0 Å². The van der Waals surface area contributed by atoms with Gasteiger partial charge >= 0.3 is 5.97 Å². The SMILES string of the molecule is CCCCCC[C@H](C)CCC[C@@H](C)[C@@H](C)OC(C)=O. The van der Waals surface area contributed by atoms with Crippen LogP contribution >= 0.6 is 0 Å². The lowest BCUT2D eigenvalue weighted by Gasteiger charge is -2.20. The van der Waals surface area contributed by atoms with Crippen molar-refractivity contribution in [3.8, 4) is 0 Å². The minimum absolute atomic E-state index is 0.0531. The summed E-state index contributed by atoms with van der Waals surface area (Å²) in [4.78, 5) is 10.9. The van der Waals surface area contributed by atoms with Gasteiger partial charge in [0.05, 0.1) is 0 Å². The molecule has 0 aliphatic carbocycles. The predicted molar refractivity (Wildman–Crippen MR) is 82.2 cm³/mol. The molecular weight excluding hydrogens is 236 g/mol. The summed E-state index contributed by atoms with van der Waals surface area (Å²) in [6, 6.07) is 0. The first-order valence-corrected chi connectivity index (χ1v) is 8.14. The molecule has 0 fully saturated rings. The Labute approximate surface area is 120 Å². The molecule has 0 spiro atoms. The highest BCUT2D eigenvalue weighted by molar-refractivity contribution is 5.66. The van der Waals surface area contributed by atoms with Crippen LogP contribution in [0.15, 0.2) is 0 Å². The van der Waals surface area contributed by atoms with E-state index in [1.54, 1.807) is 0 Å². The van der Waals surface area contributed by atoms with Crippen molar-refractivity contribution in [2.24, 2.45) is 11.8 Å². The number of hydrogen-bond acceptors (Lipinski definition) is 2. The van der Waals surface area contributed by atoms with Crippen molar-refractivity contribution in [1.29, 1.82) is 0 Å². The molecule has 0 bridgehead atoms. The second-order valence-electron chi connectivity index (χ2n) is 6.18. The van der Waals surface area contributed by atoms with E-state index in [0.29, 0.717) is 5.92 Å². The van der Waals surface area contributed by atoms with Gasteiger partial charge in [0.15, 0.2) is 0 Å². The zero-order valence-corrected chi connectivity index (χ0v) is 13.7. The first-order valence-electron chi connectivity index (χ1n) is 8.14. The van der Waals surface area contributed by atoms with Gasteiger partial charge in [-0.05, 0) is 25.2 Å². The zero-order chi connectivity index (χ0) is 14.7. The molecule has 0 unspecified atom stereocenters. The maximum Gasteiger partial charge on any atom is 0.302 e. The highest BCUT2D eigenvalue weighted by Gasteiger charge is 2.15. The molecule has 0 aromatic heterocycles. The summed E-state index contributed by atoms with van der Waals surface area (Å²) in [5.74, 6) is 1.15.